The summed E-state index contributed by atoms with van der Waals surface area (Å²) < 4.78 is 39.5. The molecule has 1 heterocycles. The highest BCUT2D eigenvalue weighted by Gasteiger charge is 2.39. The molecule has 0 radical (unpaired) electrons. The van der Waals surface area contributed by atoms with Crippen LogP contribution >= 0.6 is 0 Å². The standard InChI is InChI=1S/C16H23FN2O3S/c1-12(2)9-10-18-16(20)15-4-3-11-19(15)23(21,22)14-7-5-13(17)6-8-14/h5-8,12,15H,3-4,9-11H2,1-2H3,(H,18,20)/t15-/m1/s1. The second-order valence-corrected chi connectivity index (χ2v) is 8.09. The highest BCUT2D eigenvalue weighted by atomic mass is 32.2. The Kier molecular flexibility index (Phi) is 5.75. The molecule has 0 saturated carbocycles. The van der Waals surface area contributed by atoms with Gasteiger partial charge in [0.15, 0.2) is 0 Å². The minimum absolute atomic E-state index is 0.0146. The van der Waals surface area contributed by atoms with Crippen LogP contribution in [0.2, 0.25) is 0 Å². The fraction of sp³-hybridized carbons (Fsp3) is 0.562. The van der Waals surface area contributed by atoms with E-state index in [9.17, 15) is 17.6 Å². The van der Waals surface area contributed by atoms with Gasteiger partial charge in [-0.3, -0.25) is 4.79 Å². The lowest BCUT2D eigenvalue weighted by Gasteiger charge is -2.23. The molecular weight excluding hydrogens is 319 g/mol. The maximum Gasteiger partial charge on any atom is 0.243 e. The van der Waals surface area contributed by atoms with Gasteiger partial charge in [0.05, 0.1) is 4.90 Å². The maximum absolute atomic E-state index is 13.0. The van der Waals surface area contributed by atoms with Gasteiger partial charge in [-0.2, -0.15) is 4.31 Å². The molecule has 0 bridgehead atoms. The summed E-state index contributed by atoms with van der Waals surface area (Å²) in [6, 6.07) is 4.01. The van der Waals surface area contributed by atoms with Crippen molar-refractivity contribution in [1.29, 1.82) is 0 Å². The van der Waals surface area contributed by atoms with Gasteiger partial charge in [0, 0.05) is 13.1 Å². The van der Waals surface area contributed by atoms with Crippen molar-refractivity contribution < 1.29 is 17.6 Å². The first-order chi connectivity index (χ1) is 10.8. The lowest BCUT2D eigenvalue weighted by Crippen LogP contribution is -2.46. The molecule has 0 unspecified atom stereocenters. The summed E-state index contributed by atoms with van der Waals surface area (Å²) in [6.07, 6.45) is 2.00. The number of benzene rings is 1. The van der Waals surface area contributed by atoms with Crippen LogP contribution in [0.1, 0.15) is 33.1 Å². The fourth-order valence-electron chi connectivity index (χ4n) is 2.63. The second-order valence-electron chi connectivity index (χ2n) is 6.20. The van der Waals surface area contributed by atoms with Crippen LogP contribution in [-0.4, -0.2) is 37.8 Å². The van der Waals surface area contributed by atoms with Crippen LogP contribution in [0.3, 0.4) is 0 Å². The first kappa shape index (κ1) is 17.9. The Bertz CT molecular complexity index is 644. The van der Waals surface area contributed by atoms with Crippen molar-refractivity contribution in [1.82, 2.24) is 9.62 Å². The van der Waals surface area contributed by atoms with Gasteiger partial charge in [0.1, 0.15) is 11.9 Å². The number of sulfonamides is 1. The molecule has 7 heteroatoms. The largest absolute Gasteiger partial charge is 0.355 e. The van der Waals surface area contributed by atoms with Crippen molar-refractivity contribution in [3.05, 3.63) is 30.1 Å². The molecule has 1 fully saturated rings. The average Bonchev–Trinajstić information content (AvgIpc) is 2.97. The summed E-state index contributed by atoms with van der Waals surface area (Å²) in [5.41, 5.74) is 0. The molecule has 0 spiro atoms. The number of hydrogen-bond acceptors (Lipinski definition) is 3. The van der Waals surface area contributed by atoms with Crippen molar-refractivity contribution in [2.45, 2.75) is 44.0 Å². The number of nitrogens with one attached hydrogen (secondary N) is 1. The molecule has 1 aromatic carbocycles. The number of amides is 1. The molecule has 1 saturated heterocycles. The Morgan fingerprint density at radius 2 is 2.00 bits per heavy atom. The zero-order chi connectivity index (χ0) is 17.0. The molecule has 0 aliphatic carbocycles. The summed E-state index contributed by atoms with van der Waals surface area (Å²) in [5.74, 6) is -0.278. The van der Waals surface area contributed by atoms with Crippen LogP contribution in [0.25, 0.3) is 0 Å². The Labute approximate surface area is 136 Å². The Morgan fingerprint density at radius 3 is 2.61 bits per heavy atom. The predicted octanol–water partition coefficient (Wildman–Crippen LogP) is 2.14. The topological polar surface area (TPSA) is 66.5 Å². The van der Waals surface area contributed by atoms with Crippen molar-refractivity contribution >= 4 is 15.9 Å². The summed E-state index contributed by atoms with van der Waals surface area (Å²) in [4.78, 5) is 12.3. The van der Waals surface area contributed by atoms with Gasteiger partial charge in [-0.25, -0.2) is 12.8 Å². The van der Waals surface area contributed by atoms with E-state index in [2.05, 4.69) is 19.2 Å². The molecule has 128 valence electrons. The second kappa shape index (κ2) is 7.40. The molecule has 1 aliphatic rings. The molecule has 1 atom stereocenters. The molecule has 1 amide bonds. The number of carbonyl (C=O) groups excluding carboxylic acids is 1. The first-order valence-corrected chi connectivity index (χ1v) is 9.31. The van der Waals surface area contributed by atoms with Gasteiger partial charge in [-0.05, 0) is 49.4 Å². The predicted molar refractivity (Wildman–Crippen MR) is 85.8 cm³/mol. The van der Waals surface area contributed by atoms with Crippen molar-refractivity contribution in [3.8, 4) is 0 Å². The monoisotopic (exact) mass is 342 g/mol. The van der Waals surface area contributed by atoms with E-state index >= 15 is 0 Å². The molecule has 5 nitrogen and oxygen atoms in total. The third-order valence-corrected chi connectivity index (χ3v) is 5.87. The van der Waals surface area contributed by atoms with E-state index < -0.39 is 21.9 Å². The normalized spacial score (nSPS) is 19.2. The molecule has 1 aliphatic heterocycles. The fourth-order valence-corrected chi connectivity index (χ4v) is 4.29. The minimum atomic E-state index is -3.79. The van der Waals surface area contributed by atoms with E-state index in [1.165, 1.54) is 16.4 Å². The first-order valence-electron chi connectivity index (χ1n) is 7.87. The highest BCUT2D eigenvalue weighted by Crippen LogP contribution is 2.26. The van der Waals surface area contributed by atoms with Crippen LogP contribution < -0.4 is 5.32 Å². The Hall–Kier alpha value is -1.47. The van der Waals surface area contributed by atoms with Crippen LogP contribution in [0.4, 0.5) is 4.39 Å². The molecule has 23 heavy (non-hydrogen) atoms. The van der Waals surface area contributed by atoms with E-state index in [4.69, 9.17) is 0 Å². The average molecular weight is 342 g/mol. The van der Waals surface area contributed by atoms with Crippen LogP contribution in [0.15, 0.2) is 29.2 Å². The van der Waals surface area contributed by atoms with Crippen LogP contribution in [0, 0.1) is 11.7 Å². The summed E-state index contributed by atoms with van der Waals surface area (Å²) in [6.45, 7) is 4.97. The summed E-state index contributed by atoms with van der Waals surface area (Å²) in [5, 5.41) is 2.81. The number of hydrogen-bond donors (Lipinski definition) is 1. The van der Waals surface area contributed by atoms with E-state index in [0.29, 0.717) is 31.8 Å². The number of halogens is 1. The zero-order valence-electron chi connectivity index (χ0n) is 13.5. The minimum Gasteiger partial charge on any atom is -0.355 e. The van der Waals surface area contributed by atoms with Crippen molar-refractivity contribution in [2.24, 2.45) is 5.92 Å². The SMILES string of the molecule is CC(C)CCNC(=O)[C@H]1CCCN1S(=O)(=O)c1ccc(F)cc1. The lowest BCUT2D eigenvalue weighted by atomic mass is 10.1. The van der Waals surface area contributed by atoms with E-state index in [1.54, 1.807) is 0 Å². The van der Waals surface area contributed by atoms with Gasteiger partial charge in [-0.1, -0.05) is 13.8 Å². The third-order valence-electron chi connectivity index (χ3n) is 3.95. The van der Waals surface area contributed by atoms with Crippen LogP contribution in [-0.2, 0) is 14.8 Å². The quantitative estimate of drug-likeness (QED) is 0.861. The maximum atomic E-state index is 13.0. The van der Waals surface area contributed by atoms with E-state index in [-0.39, 0.29) is 10.8 Å². The highest BCUT2D eigenvalue weighted by molar-refractivity contribution is 7.89. The van der Waals surface area contributed by atoms with Gasteiger partial charge in [0.25, 0.3) is 0 Å². The number of nitrogens with zero attached hydrogens (tertiary/aromatic N) is 1. The van der Waals surface area contributed by atoms with Crippen molar-refractivity contribution in [2.75, 3.05) is 13.1 Å². The zero-order valence-corrected chi connectivity index (χ0v) is 14.3. The molecule has 1 aromatic rings. The molecular formula is C16H23FN2O3S. The third kappa shape index (κ3) is 4.29. The van der Waals surface area contributed by atoms with Gasteiger partial charge < -0.3 is 5.32 Å². The van der Waals surface area contributed by atoms with Crippen LogP contribution in [0.5, 0.6) is 0 Å². The number of carbonyl (C=O) groups is 1. The van der Waals surface area contributed by atoms with E-state index in [1.807, 2.05) is 0 Å². The lowest BCUT2D eigenvalue weighted by molar-refractivity contribution is -0.124. The Balaban J connectivity index is 2.11. The molecule has 2 rings (SSSR count). The summed E-state index contributed by atoms with van der Waals surface area (Å²) >= 11 is 0. The Morgan fingerprint density at radius 1 is 1.35 bits per heavy atom. The van der Waals surface area contributed by atoms with Gasteiger partial charge in [0.2, 0.25) is 15.9 Å². The smallest absolute Gasteiger partial charge is 0.243 e. The molecule has 1 N–H and O–H groups in total. The summed E-state index contributed by atoms with van der Waals surface area (Å²) in [7, 11) is -3.79. The van der Waals surface area contributed by atoms with Gasteiger partial charge in [-0.15, -0.1) is 0 Å². The number of rotatable bonds is 6. The van der Waals surface area contributed by atoms with E-state index in [0.717, 1.165) is 18.6 Å². The van der Waals surface area contributed by atoms with Crippen molar-refractivity contribution in [3.63, 3.8) is 0 Å². The van der Waals surface area contributed by atoms with Gasteiger partial charge >= 0.3 is 0 Å². The molecule has 0 aromatic heterocycles.